The highest BCUT2D eigenvalue weighted by Crippen LogP contribution is 2.30. The van der Waals surface area contributed by atoms with Crippen molar-refractivity contribution in [2.24, 2.45) is 0 Å². The molecule has 0 unspecified atom stereocenters. The molecule has 0 N–H and O–H groups in total. The topological polar surface area (TPSA) is 93.4 Å². The van der Waals surface area contributed by atoms with Gasteiger partial charge in [-0.1, -0.05) is 18.2 Å². The fourth-order valence-electron chi connectivity index (χ4n) is 4.14. The van der Waals surface area contributed by atoms with Gasteiger partial charge in [0, 0.05) is 37.0 Å². The molecule has 1 aliphatic heterocycles. The summed E-state index contributed by atoms with van der Waals surface area (Å²) in [6, 6.07) is 11.5. The number of hydrogen-bond donors (Lipinski definition) is 0. The number of nitro groups is 1. The molecule has 0 spiro atoms. The number of rotatable bonds is 6. The molecule has 2 aromatic carbocycles. The number of sulfone groups is 1. The molecule has 9 heteroatoms. The average molecular weight is 472 g/mol. The van der Waals surface area contributed by atoms with Crippen molar-refractivity contribution in [1.29, 1.82) is 0 Å². The number of hydrogen-bond acceptors (Lipinski definition) is 7. The van der Waals surface area contributed by atoms with Crippen LogP contribution in [0.1, 0.15) is 35.2 Å². The van der Waals surface area contributed by atoms with Crippen LogP contribution in [0.15, 0.2) is 52.7 Å². The van der Waals surface area contributed by atoms with Gasteiger partial charge < -0.3 is 4.90 Å². The Morgan fingerprint density at radius 1 is 1.09 bits per heavy atom. The van der Waals surface area contributed by atoms with Gasteiger partial charge in [-0.3, -0.25) is 10.1 Å². The average Bonchev–Trinajstić information content (AvgIpc) is 3.25. The Morgan fingerprint density at radius 2 is 1.72 bits per heavy atom. The molecule has 0 bridgehead atoms. The van der Waals surface area contributed by atoms with Gasteiger partial charge in [0.05, 0.1) is 20.8 Å². The monoisotopic (exact) mass is 471 g/mol. The maximum atomic E-state index is 13.0. The minimum Gasteiger partial charge on any atom is -0.348 e. The van der Waals surface area contributed by atoms with Crippen molar-refractivity contribution in [2.75, 3.05) is 18.0 Å². The zero-order chi connectivity index (χ0) is 22.9. The number of nitrogens with zero attached hydrogens (tertiary/aromatic N) is 3. The van der Waals surface area contributed by atoms with Gasteiger partial charge in [0.15, 0.2) is 15.0 Å². The van der Waals surface area contributed by atoms with E-state index in [1.807, 2.05) is 0 Å². The summed E-state index contributed by atoms with van der Waals surface area (Å²) in [7, 11) is -3.52. The molecule has 0 amide bonds. The highest BCUT2D eigenvalue weighted by molar-refractivity contribution is 7.92. The molecule has 3 aromatic rings. The molecule has 1 saturated heterocycles. The largest absolute Gasteiger partial charge is 0.348 e. The van der Waals surface area contributed by atoms with E-state index in [-0.39, 0.29) is 10.6 Å². The number of aryl methyl sites for hydroxylation is 2. The first kappa shape index (κ1) is 22.4. The van der Waals surface area contributed by atoms with Gasteiger partial charge >= 0.3 is 0 Å². The Kier molecular flexibility index (Phi) is 6.30. The zero-order valence-electron chi connectivity index (χ0n) is 18.0. The van der Waals surface area contributed by atoms with Gasteiger partial charge in [-0.15, -0.1) is 11.3 Å². The number of nitro benzene ring substituents is 1. The molecule has 0 atom stereocenters. The number of benzene rings is 2. The molecule has 2 heterocycles. The predicted molar refractivity (Wildman–Crippen MR) is 126 cm³/mol. The molecule has 1 fully saturated rings. The fraction of sp³-hybridized carbons (Fsp3) is 0.348. The third kappa shape index (κ3) is 4.54. The second-order valence-electron chi connectivity index (χ2n) is 8.15. The van der Waals surface area contributed by atoms with Gasteiger partial charge in [-0.05, 0) is 55.5 Å². The van der Waals surface area contributed by atoms with Crippen LogP contribution in [-0.2, 0) is 16.3 Å². The summed E-state index contributed by atoms with van der Waals surface area (Å²) in [5.41, 5.74) is 4.74. The van der Waals surface area contributed by atoms with Crippen molar-refractivity contribution < 1.29 is 13.3 Å². The first-order chi connectivity index (χ1) is 15.3. The number of aromatic nitrogens is 1. The van der Waals surface area contributed by atoms with Crippen molar-refractivity contribution in [3.8, 4) is 0 Å². The lowest BCUT2D eigenvalue weighted by Gasteiger charge is -2.31. The molecular weight excluding hydrogens is 446 g/mol. The molecule has 1 aliphatic rings. The summed E-state index contributed by atoms with van der Waals surface area (Å²) >= 11 is 1.60. The lowest BCUT2D eigenvalue weighted by molar-refractivity contribution is -0.384. The van der Waals surface area contributed by atoms with E-state index in [2.05, 4.69) is 42.3 Å². The quantitative estimate of drug-likeness (QED) is 0.382. The van der Waals surface area contributed by atoms with Crippen LogP contribution < -0.4 is 4.90 Å². The molecular formula is C23H25N3O4S2. The highest BCUT2D eigenvalue weighted by atomic mass is 32.2. The molecule has 32 heavy (non-hydrogen) atoms. The molecule has 0 saturated carbocycles. The molecule has 1 aromatic heterocycles. The van der Waals surface area contributed by atoms with E-state index in [0.717, 1.165) is 17.2 Å². The van der Waals surface area contributed by atoms with Gasteiger partial charge in [-0.2, -0.15) is 0 Å². The number of anilines is 1. The number of piperidine rings is 1. The Labute approximate surface area is 191 Å². The van der Waals surface area contributed by atoms with E-state index in [4.69, 9.17) is 4.98 Å². The van der Waals surface area contributed by atoms with Crippen LogP contribution in [-0.4, -0.2) is 36.7 Å². The Bertz CT molecular complexity index is 1210. The lowest BCUT2D eigenvalue weighted by atomic mass is 9.99. The van der Waals surface area contributed by atoms with Crippen LogP contribution in [0, 0.1) is 24.0 Å². The van der Waals surface area contributed by atoms with Crippen molar-refractivity contribution >= 4 is 32.0 Å². The molecule has 4 rings (SSSR count). The second kappa shape index (κ2) is 8.99. The Hall–Kier alpha value is -2.78. The molecule has 0 radical (unpaired) electrons. The van der Waals surface area contributed by atoms with Crippen molar-refractivity contribution in [3.05, 3.63) is 80.3 Å². The molecule has 7 nitrogen and oxygen atoms in total. The van der Waals surface area contributed by atoms with E-state index >= 15 is 0 Å². The maximum Gasteiger partial charge on any atom is 0.269 e. The third-order valence-corrected chi connectivity index (χ3v) is 9.30. The van der Waals surface area contributed by atoms with E-state index in [9.17, 15) is 18.5 Å². The first-order valence-electron chi connectivity index (χ1n) is 10.5. The zero-order valence-corrected chi connectivity index (χ0v) is 19.7. The van der Waals surface area contributed by atoms with Gasteiger partial charge in [0.25, 0.3) is 5.69 Å². The normalized spacial score (nSPS) is 15.1. The van der Waals surface area contributed by atoms with E-state index in [0.29, 0.717) is 25.9 Å². The minimum absolute atomic E-state index is 0.112. The number of non-ortho nitro benzene ring substituents is 1. The molecule has 0 aliphatic carbocycles. The van der Waals surface area contributed by atoms with E-state index in [1.165, 1.54) is 41.0 Å². The van der Waals surface area contributed by atoms with Gasteiger partial charge in [0.1, 0.15) is 0 Å². The van der Waals surface area contributed by atoms with Crippen molar-refractivity contribution in [1.82, 2.24) is 4.98 Å². The summed E-state index contributed by atoms with van der Waals surface area (Å²) in [5, 5.41) is 13.3. The smallest absolute Gasteiger partial charge is 0.269 e. The molecule has 168 valence electrons. The summed E-state index contributed by atoms with van der Waals surface area (Å²) in [6.07, 6.45) is 1.80. The van der Waals surface area contributed by atoms with E-state index < -0.39 is 20.0 Å². The van der Waals surface area contributed by atoms with Gasteiger partial charge in [-0.25, -0.2) is 13.4 Å². The van der Waals surface area contributed by atoms with E-state index in [1.54, 1.807) is 11.3 Å². The van der Waals surface area contributed by atoms with Crippen LogP contribution >= 0.6 is 11.3 Å². The summed E-state index contributed by atoms with van der Waals surface area (Å²) in [6.45, 7) is 5.47. The lowest BCUT2D eigenvalue weighted by Crippen LogP contribution is -2.39. The first-order valence-corrected chi connectivity index (χ1v) is 12.9. The Morgan fingerprint density at radius 3 is 2.31 bits per heavy atom. The highest BCUT2D eigenvalue weighted by Gasteiger charge is 2.32. The van der Waals surface area contributed by atoms with Crippen molar-refractivity contribution in [2.45, 2.75) is 43.3 Å². The second-order valence-corrected chi connectivity index (χ2v) is 11.2. The predicted octanol–water partition coefficient (Wildman–Crippen LogP) is 4.70. The number of thiazole rings is 1. The van der Waals surface area contributed by atoms with Crippen LogP contribution in [0.3, 0.4) is 0 Å². The minimum atomic E-state index is -3.52. The maximum absolute atomic E-state index is 13.0. The SMILES string of the molecule is Cc1cccc(C)c1Cc1csc(N2CCC(S(=O)(=O)c3ccc([N+](=O)[O-])cc3)CC2)n1. The van der Waals surface area contributed by atoms with Crippen LogP contribution in [0.25, 0.3) is 0 Å². The third-order valence-electron chi connectivity index (χ3n) is 6.07. The van der Waals surface area contributed by atoms with Crippen molar-refractivity contribution in [3.63, 3.8) is 0 Å². The summed E-state index contributed by atoms with van der Waals surface area (Å²) in [5.74, 6) is 0. The Balaban J connectivity index is 1.41. The van der Waals surface area contributed by atoms with Gasteiger partial charge in [0.2, 0.25) is 0 Å². The van der Waals surface area contributed by atoms with Crippen LogP contribution in [0.5, 0.6) is 0 Å². The summed E-state index contributed by atoms with van der Waals surface area (Å²) in [4.78, 5) is 17.4. The van der Waals surface area contributed by atoms with Crippen LogP contribution in [0.4, 0.5) is 10.8 Å². The standard InChI is InChI=1S/C23H25N3O4S2/c1-16-4-3-5-17(2)22(16)14-18-15-31-23(24-18)25-12-10-21(11-13-25)32(29,30)20-8-6-19(7-9-20)26(27)28/h3-9,15,21H,10-14H2,1-2H3. The summed E-state index contributed by atoms with van der Waals surface area (Å²) < 4.78 is 26.0. The fourth-order valence-corrected chi connectivity index (χ4v) is 6.75. The van der Waals surface area contributed by atoms with Crippen LogP contribution in [0.2, 0.25) is 0 Å².